The topological polar surface area (TPSA) is 43.6 Å². The average Bonchev–Trinajstić information content (AvgIpc) is 2.77. The lowest BCUT2D eigenvalue weighted by Gasteiger charge is -2.06. The van der Waals surface area contributed by atoms with E-state index in [1.165, 1.54) is 16.9 Å². The fourth-order valence-electron chi connectivity index (χ4n) is 1.52. The third kappa shape index (κ3) is 3.54. The van der Waals surface area contributed by atoms with Gasteiger partial charge in [0.1, 0.15) is 5.75 Å². The van der Waals surface area contributed by atoms with Gasteiger partial charge in [-0.3, -0.25) is 4.79 Å². The van der Waals surface area contributed by atoms with Gasteiger partial charge in [-0.25, -0.2) is 0 Å². The number of nitrogens with zero attached hydrogens (tertiary/aromatic N) is 2. The van der Waals surface area contributed by atoms with E-state index in [2.05, 4.69) is 4.99 Å². The molecule has 0 radical (unpaired) electrons. The van der Waals surface area contributed by atoms with Gasteiger partial charge >= 0.3 is 0 Å². The normalized spacial score (nSPS) is 11.6. The summed E-state index contributed by atoms with van der Waals surface area (Å²) in [6.07, 6.45) is 1.86. The molecule has 1 aromatic heterocycles. The summed E-state index contributed by atoms with van der Waals surface area (Å²) < 4.78 is 7.25. The van der Waals surface area contributed by atoms with Crippen LogP contribution < -0.4 is 9.54 Å². The summed E-state index contributed by atoms with van der Waals surface area (Å²) in [5, 5.41) is 1.89. The van der Waals surface area contributed by atoms with Crippen LogP contribution in [-0.4, -0.2) is 17.1 Å². The highest BCUT2D eigenvalue weighted by Gasteiger charge is 2.03. The molecule has 0 fully saturated rings. The monoisotopic (exact) mass is 276 g/mol. The Morgan fingerprint density at radius 3 is 2.79 bits per heavy atom. The van der Waals surface area contributed by atoms with Crippen molar-refractivity contribution in [2.24, 2.45) is 12.0 Å². The zero-order chi connectivity index (χ0) is 13.8. The highest BCUT2D eigenvalue weighted by atomic mass is 32.1. The fraction of sp³-hybridized carbons (Fsp3) is 0.286. The first-order valence-corrected chi connectivity index (χ1v) is 6.82. The van der Waals surface area contributed by atoms with Crippen molar-refractivity contribution in [3.8, 4) is 5.75 Å². The summed E-state index contributed by atoms with van der Waals surface area (Å²) in [7, 11) is 1.85. The zero-order valence-electron chi connectivity index (χ0n) is 11.2. The van der Waals surface area contributed by atoms with Gasteiger partial charge < -0.3 is 9.30 Å². The number of ether oxygens (including phenoxy) is 1. The van der Waals surface area contributed by atoms with Crippen molar-refractivity contribution >= 4 is 17.2 Å². The van der Waals surface area contributed by atoms with Crippen molar-refractivity contribution in [1.29, 1.82) is 0 Å². The van der Waals surface area contributed by atoms with Crippen LogP contribution in [0.4, 0.5) is 0 Å². The van der Waals surface area contributed by atoms with E-state index >= 15 is 0 Å². The molecule has 1 aromatic carbocycles. The molecule has 2 aromatic rings. The highest BCUT2D eigenvalue weighted by Crippen LogP contribution is 2.16. The van der Waals surface area contributed by atoms with E-state index in [1.54, 1.807) is 4.57 Å². The molecule has 1 heterocycles. The van der Waals surface area contributed by atoms with Crippen molar-refractivity contribution in [3.63, 3.8) is 0 Å². The van der Waals surface area contributed by atoms with Gasteiger partial charge in [-0.2, -0.15) is 4.99 Å². The number of rotatable bonds is 3. The van der Waals surface area contributed by atoms with Crippen LogP contribution in [0.25, 0.3) is 0 Å². The minimum Gasteiger partial charge on any atom is -0.484 e. The predicted octanol–water partition coefficient (Wildman–Crippen LogP) is 2.21. The molecule has 0 spiro atoms. The Bertz CT molecular complexity index is 655. The van der Waals surface area contributed by atoms with Gasteiger partial charge in [-0.05, 0) is 37.1 Å². The molecule has 0 unspecified atom stereocenters. The third-order valence-electron chi connectivity index (χ3n) is 2.82. The molecule has 0 saturated heterocycles. The number of carbonyl (C=O) groups excluding carboxylic acids is 1. The summed E-state index contributed by atoms with van der Waals surface area (Å²) in [6.45, 7) is 4.01. The maximum atomic E-state index is 11.7. The summed E-state index contributed by atoms with van der Waals surface area (Å²) in [6, 6.07) is 5.76. The zero-order valence-corrected chi connectivity index (χ0v) is 12.0. The Hall–Kier alpha value is -1.88. The molecule has 0 N–H and O–H groups in total. The second kappa shape index (κ2) is 5.84. The summed E-state index contributed by atoms with van der Waals surface area (Å²) in [4.78, 5) is 16.4. The van der Waals surface area contributed by atoms with Crippen molar-refractivity contribution < 1.29 is 9.53 Å². The van der Waals surface area contributed by atoms with Gasteiger partial charge in [0.25, 0.3) is 5.91 Å². The lowest BCUT2D eigenvalue weighted by Crippen LogP contribution is -2.16. The fourth-order valence-corrected chi connectivity index (χ4v) is 2.27. The van der Waals surface area contributed by atoms with Crippen LogP contribution in [0.1, 0.15) is 11.1 Å². The van der Waals surface area contributed by atoms with E-state index in [0.29, 0.717) is 10.6 Å². The van der Waals surface area contributed by atoms with Crippen molar-refractivity contribution in [3.05, 3.63) is 45.7 Å². The Labute approximate surface area is 116 Å². The van der Waals surface area contributed by atoms with Gasteiger partial charge in [0.15, 0.2) is 11.4 Å². The number of hydrogen-bond donors (Lipinski definition) is 0. The summed E-state index contributed by atoms with van der Waals surface area (Å²) >= 11 is 1.42. The lowest BCUT2D eigenvalue weighted by atomic mass is 10.1. The molecule has 1 amide bonds. The van der Waals surface area contributed by atoms with E-state index in [0.717, 1.165) is 5.56 Å². The molecule has 2 rings (SSSR count). The Morgan fingerprint density at radius 2 is 2.16 bits per heavy atom. The molecular weight excluding hydrogens is 260 g/mol. The van der Waals surface area contributed by atoms with Crippen LogP contribution in [-0.2, 0) is 11.8 Å². The van der Waals surface area contributed by atoms with Crippen LogP contribution in [0.2, 0.25) is 0 Å². The van der Waals surface area contributed by atoms with Crippen LogP contribution in [0.5, 0.6) is 5.75 Å². The highest BCUT2D eigenvalue weighted by molar-refractivity contribution is 7.07. The molecule has 0 atom stereocenters. The maximum absolute atomic E-state index is 11.7. The standard InChI is InChI=1S/C14H16N2O2S/c1-10-4-5-12(8-11(10)2)18-9-13(17)15-14-16(3)6-7-19-14/h4-8H,9H2,1-3H3. The number of thiazole rings is 1. The molecule has 0 saturated carbocycles. The molecule has 19 heavy (non-hydrogen) atoms. The van der Waals surface area contributed by atoms with Crippen molar-refractivity contribution in [2.75, 3.05) is 6.61 Å². The Balaban J connectivity index is 2.01. The van der Waals surface area contributed by atoms with E-state index < -0.39 is 0 Å². The van der Waals surface area contributed by atoms with Crippen molar-refractivity contribution in [1.82, 2.24) is 4.57 Å². The van der Waals surface area contributed by atoms with Gasteiger partial charge in [-0.1, -0.05) is 6.07 Å². The van der Waals surface area contributed by atoms with Crippen LogP contribution in [0, 0.1) is 13.8 Å². The van der Waals surface area contributed by atoms with Crippen LogP contribution in [0.15, 0.2) is 34.8 Å². The SMILES string of the molecule is Cc1ccc(OCC(=O)N=c2sccn2C)cc1C. The molecule has 100 valence electrons. The van der Waals surface area contributed by atoms with E-state index in [4.69, 9.17) is 4.74 Å². The molecule has 0 aliphatic rings. The molecule has 0 bridgehead atoms. The lowest BCUT2D eigenvalue weighted by molar-refractivity contribution is -0.120. The van der Waals surface area contributed by atoms with E-state index in [9.17, 15) is 4.79 Å². The summed E-state index contributed by atoms with van der Waals surface area (Å²) in [5.41, 5.74) is 2.35. The van der Waals surface area contributed by atoms with E-state index in [1.807, 2.05) is 50.7 Å². The third-order valence-corrected chi connectivity index (χ3v) is 3.67. The molecule has 5 heteroatoms. The average molecular weight is 276 g/mol. The second-order valence-electron chi connectivity index (χ2n) is 4.34. The first-order valence-electron chi connectivity index (χ1n) is 5.94. The summed E-state index contributed by atoms with van der Waals surface area (Å²) in [5.74, 6) is 0.415. The Kier molecular flexibility index (Phi) is 4.16. The number of amides is 1. The minimum absolute atomic E-state index is 0.0413. The molecule has 4 nitrogen and oxygen atoms in total. The first kappa shape index (κ1) is 13.5. The molecule has 0 aliphatic carbocycles. The molecular formula is C14H16N2O2S. The maximum Gasteiger partial charge on any atom is 0.286 e. The Morgan fingerprint density at radius 1 is 1.37 bits per heavy atom. The quantitative estimate of drug-likeness (QED) is 0.862. The van der Waals surface area contributed by atoms with Crippen molar-refractivity contribution in [2.45, 2.75) is 13.8 Å². The minimum atomic E-state index is -0.281. The van der Waals surface area contributed by atoms with Gasteiger partial charge in [0, 0.05) is 18.6 Å². The van der Waals surface area contributed by atoms with Crippen LogP contribution >= 0.6 is 11.3 Å². The van der Waals surface area contributed by atoms with Gasteiger partial charge in [0.2, 0.25) is 0 Å². The smallest absolute Gasteiger partial charge is 0.286 e. The number of carbonyl (C=O) groups is 1. The predicted molar refractivity (Wildman–Crippen MR) is 75.3 cm³/mol. The number of benzene rings is 1. The van der Waals surface area contributed by atoms with E-state index in [-0.39, 0.29) is 12.5 Å². The molecule has 0 aliphatic heterocycles. The van der Waals surface area contributed by atoms with Gasteiger partial charge in [-0.15, -0.1) is 11.3 Å². The first-order chi connectivity index (χ1) is 9.06. The number of hydrogen-bond acceptors (Lipinski definition) is 3. The number of aryl methyl sites for hydroxylation is 3. The number of aromatic nitrogens is 1. The second-order valence-corrected chi connectivity index (χ2v) is 5.21. The van der Waals surface area contributed by atoms with Crippen LogP contribution in [0.3, 0.4) is 0 Å². The van der Waals surface area contributed by atoms with Gasteiger partial charge in [0.05, 0.1) is 0 Å². The largest absolute Gasteiger partial charge is 0.484 e.